The highest BCUT2D eigenvalue weighted by Gasteiger charge is 2.31. The van der Waals surface area contributed by atoms with Crippen LogP contribution in [0.25, 0.3) is 0 Å². The van der Waals surface area contributed by atoms with Gasteiger partial charge in [0.05, 0.1) is 5.56 Å². The molecule has 1 heterocycles. The van der Waals surface area contributed by atoms with Crippen LogP contribution in [-0.4, -0.2) is 11.5 Å². The molecule has 0 radical (unpaired) electrons. The first-order chi connectivity index (χ1) is 5.54. The molecular weight excluding hydrogens is 175 g/mol. The van der Waals surface area contributed by atoms with Gasteiger partial charge in [-0.2, -0.15) is 13.2 Å². The van der Waals surface area contributed by atoms with Crippen LogP contribution in [0.15, 0.2) is 12.3 Å². The zero-order valence-electron chi connectivity index (χ0n) is 5.68. The Labute approximate surface area is 65.1 Å². The summed E-state index contributed by atoms with van der Waals surface area (Å²) >= 11 is 0. The zero-order chi connectivity index (χ0) is 9.19. The van der Waals surface area contributed by atoms with Crippen molar-refractivity contribution in [1.82, 2.24) is 4.98 Å². The summed E-state index contributed by atoms with van der Waals surface area (Å²) < 4.78 is 39.8. The molecule has 0 fully saturated rings. The van der Waals surface area contributed by atoms with E-state index in [9.17, 15) is 18.0 Å². The highest BCUT2D eigenvalue weighted by molar-refractivity contribution is 5.43. The van der Waals surface area contributed by atoms with E-state index >= 15 is 0 Å². The third-order valence-corrected chi connectivity index (χ3v) is 1.16. The molecule has 0 aliphatic rings. The number of aromatic amines is 1. The van der Waals surface area contributed by atoms with Crippen LogP contribution in [0, 0.1) is 0 Å². The maximum Gasteiger partial charge on any atom is 0.418 e. The molecule has 0 unspecified atom stereocenters. The van der Waals surface area contributed by atoms with Crippen LogP contribution < -0.4 is 4.74 Å². The first kappa shape index (κ1) is 8.63. The molecule has 1 aromatic heterocycles. The van der Waals surface area contributed by atoms with E-state index < -0.39 is 11.7 Å². The number of rotatable bonds is 2. The van der Waals surface area contributed by atoms with Crippen molar-refractivity contribution in [3.05, 3.63) is 17.8 Å². The van der Waals surface area contributed by atoms with Gasteiger partial charge in [-0.25, -0.2) is 0 Å². The van der Waals surface area contributed by atoms with Crippen molar-refractivity contribution in [1.29, 1.82) is 0 Å². The Balaban J connectivity index is 2.84. The van der Waals surface area contributed by atoms with Crippen molar-refractivity contribution in [2.75, 3.05) is 0 Å². The van der Waals surface area contributed by atoms with Gasteiger partial charge in [-0.05, 0) is 0 Å². The van der Waals surface area contributed by atoms with Crippen molar-refractivity contribution in [3.63, 3.8) is 0 Å². The van der Waals surface area contributed by atoms with E-state index in [1.165, 1.54) is 0 Å². The molecule has 0 atom stereocenters. The van der Waals surface area contributed by atoms with Gasteiger partial charge in [-0.1, -0.05) is 0 Å². The highest BCUT2D eigenvalue weighted by Crippen LogP contribution is 2.30. The largest absolute Gasteiger partial charge is 0.418 e. The van der Waals surface area contributed by atoms with Crippen LogP contribution >= 0.6 is 0 Å². The Morgan fingerprint density at radius 2 is 2.17 bits per heavy atom. The summed E-state index contributed by atoms with van der Waals surface area (Å²) in [5.41, 5.74) is -0.876. The topological polar surface area (TPSA) is 42.1 Å². The molecule has 0 saturated carbocycles. The minimum absolute atomic E-state index is 0.0476. The van der Waals surface area contributed by atoms with Crippen LogP contribution in [0.5, 0.6) is 5.88 Å². The van der Waals surface area contributed by atoms with Crippen molar-refractivity contribution in [2.24, 2.45) is 0 Å². The number of carbonyl (C=O) groups is 1. The lowest BCUT2D eigenvalue weighted by atomic mass is 10.3. The first-order valence-electron chi connectivity index (χ1n) is 2.90. The van der Waals surface area contributed by atoms with E-state index in [0.717, 1.165) is 6.20 Å². The van der Waals surface area contributed by atoms with Gasteiger partial charge in [0.1, 0.15) is 0 Å². The summed E-state index contributed by atoms with van der Waals surface area (Å²) in [6.07, 6.45) is -3.69. The van der Waals surface area contributed by atoms with Crippen LogP contribution in [0.4, 0.5) is 13.2 Å². The van der Waals surface area contributed by atoms with E-state index in [1.54, 1.807) is 0 Å². The number of alkyl halides is 3. The van der Waals surface area contributed by atoms with Gasteiger partial charge < -0.3 is 9.72 Å². The molecule has 12 heavy (non-hydrogen) atoms. The van der Waals surface area contributed by atoms with Crippen LogP contribution in [0.2, 0.25) is 0 Å². The smallest absolute Gasteiger partial charge is 0.412 e. The molecule has 0 aliphatic heterocycles. The number of H-pyrrole nitrogens is 1. The molecule has 1 N–H and O–H groups in total. The van der Waals surface area contributed by atoms with Gasteiger partial charge in [0.2, 0.25) is 5.88 Å². The fourth-order valence-electron chi connectivity index (χ4n) is 0.657. The van der Waals surface area contributed by atoms with E-state index in [4.69, 9.17) is 0 Å². The number of ether oxygens (including phenoxy) is 1. The molecule has 6 heteroatoms. The van der Waals surface area contributed by atoms with Gasteiger partial charge in [0.15, 0.2) is 0 Å². The number of nitrogens with one attached hydrogen (secondary N) is 1. The molecule has 0 aromatic carbocycles. The summed E-state index contributed by atoms with van der Waals surface area (Å²) in [7, 11) is 0. The Bertz CT molecular complexity index is 279. The normalized spacial score (nSPS) is 11.2. The van der Waals surface area contributed by atoms with E-state index in [-0.39, 0.29) is 12.4 Å². The molecule has 0 saturated heterocycles. The number of halogens is 3. The molecule has 66 valence electrons. The van der Waals surface area contributed by atoms with Crippen molar-refractivity contribution in [2.45, 2.75) is 6.18 Å². The molecule has 0 amide bonds. The van der Waals surface area contributed by atoms with Crippen molar-refractivity contribution >= 4 is 6.47 Å². The predicted molar refractivity (Wildman–Crippen MR) is 32.5 cm³/mol. The van der Waals surface area contributed by atoms with Gasteiger partial charge in [0.25, 0.3) is 6.47 Å². The highest BCUT2D eigenvalue weighted by atomic mass is 19.4. The maximum absolute atomic E-state index is 11.9. The van der Waals surface area contributed by atoms with Crippen LogP contribution in [0.3, 0.4) is 0 Å². The van der Waals surface area contributed by atoms with E-state index in [1.807, 2.05) is 0 Å². The average Bonchev–Trinajstić information content (AvgIpc) is 2.35. The summed E-state index contributed by atoms with van der Waals surface area (Å²) in [4.78, 5) is 11.8. The number of hydrogen-bond donors (Lipinski definition) is 1. The Morgan fingerprint density at radius 3 is 2.58 bits per heavy atom. The van der Waals surface area contributed by atoms with E-state index in [0.29, 0.717) is 6.07 Å². The zero-order valence-corrected chi connectivity index (χ0v) is 5.68. The first-order valence-corrected chi connectivity index (χ1v) is 2.90. The van der Waals surface area contributed by atoms with Crippen LogP contribution in [-0.2, 0) is 11.0 Å². The fraction of sp³-hybridized carbons (Fsp3) is 0.167. The SMILES string of the molecule is O=COc1cc(C(F)(F)F)c[nH]1. The Kier molecular flexibility index (Phi) is 2.07. The minimum Gasteiger partial charge on any atom is -0.412 e. The summed E-state index contributed by atoms with van der Waals surface area (Å²) in [6, 6.07) is 0.703. The number of carbonyl (C=O) groups excluding carboxylic acids is 1. The van der Waals surface area contributed by atoms with Crippen molar-refractivity contribution in [3.8, 4) is 5.88 Å². The lowest BCUT2D eigenvalue weighted by molar-refractivity contribution is -0.137. The van der Waals surface area contributed by atoms with E-state index in [2.05, 4.69) is 9.72 Å². The second kappa shape index (κ2) is 2.88. The number of aromatic nitrogens is 1. The maximum atomic E-state index is 11.9. The Morgan fingerprint density at radius 1 is 1.50 bits per heavy atom. The number of hydrogen-bond acceptors (Lipinski definition) is 2. The molecular formula is C6H4F3NO2. The fourth-order valence-corrected chi connectivity index (χ4v) is 0.657. The molecule has 0 bridgehead atoms. The standard InChI is InChI=1S/C6H4F3NO2/c7-6(8,9)4-1-5(10-2-4)12-3-11/h1-3,10H. The summed E-state index contributed by atoms with van der Waals surface area (Å²) in [6.45, 7) is 0.0476. The third kappa shape index (κ3) is 1.77. The molecule has 1 rings (SSSR count). The lowest BCUT2D eigenvalue weighted by Crippen LogP contribution is -2.02. The predicted octanol–water partition coefficient (Wildman–Crippen LogP) is 1.57. The average molecular weight is 179 g/mol. The summed E-state index contributed by atoms with van der Waals surface area (Å²) in [5, 5.41) is 0. The Hall–Kier alpha value is -1.46. The summed E-state index contributed by atoms with van der Waals surface area (Å²) in [5.74, 6) is -0.225. The van der Waals surface area contributed by atoms with Gasteiger partial charge in [0, 0.05) is 12.3 Å². The molecule has 1 aromatic rings. The minimum atomic E-state index is -4.42. The molecule has 3 nitrogen and oxygen atoms in total. The second-order valence-corrected chi connectivity index (χ2v) is 1.96. The van der Waals surface area contributed by atoms with Gasteiger partial charge in [-0.15, -0.1) is 0 Å². The van der Waals surface area contributed by atoms with Crippen LogP contribution in [0.1, 0.15) is 5.56 Å². The lowest BCUT2D eigenvalue weighted by Gasteiger charge is -1.99. The van der Waals surface area contributed by atoms with Crippen molar-refractivity contribution < 1.29 is 22.7 Å². The quantitative estimate of drug-likeness (QED) is 0.700. The molecule has 0 aliphatic carbocycles. The van der Waals surface area contributed by atoms with Gasteiger partial charge in [-0.3, -0.25) is 4.79 Å². The van der Waals surface area contributed by atoms with Gasteiger partial charge >= 0.3 is 6.18 Å². The monoisotopic (exact) mass is 179 g/mol. The molecule has 0 spiro atoms. The third-order valence-electron chi connectivity index (χ3n) is 1.16. The second-order valence-electron chi connectivity index (χ2n) is 1.96.